The Balaban J connectivity index is 1.27. The van der Waals surface area contributed by atoms with E-state index in [2.05, 4.69) is 38.1 Å². The van der Waals surface area contributed by atoms with Gasteiger partial charge in [-0.3, -0.25) is 9.69 Å². The Bertz CT molecular complexity index is 1860. The molecule has 0 radical (unpaired) electrons. The molecule has 3 amide bonds. The molecule has 0 unspecified atom stereocenters. The summed E-state index contributed by atoms with van der Waals surface area (Å²) < 4.78 is 42.6. The molecular weight excluding hydrogens is 619 g/mol. The number of amides is 3. The van der Waals surface area contributed by atoms with Crippen LogP contribution in [0.4, 0.5) is 23.7 Å². The number of nitriles is 1. The minimum Gasteiger partial charge on any atom is -0.406 e. The molecule has 2 heterocycles. The second-order valence-electron chi connectivity index (χ2n) is 10.0. The Morgan fingerprint density at radius 1 is 1.15 bits per heavy atom. The van der Waals surface area contributed by atoms with Gasteiger partial charge in [0.05, 0.1) is 22.7 Å². The van der Waals surface area contributed by atoms with Crippen molar-refractivity contribution >= 4 is 40.1 Å². The average Bonchev–Trinajstić information content (AvgIpc) is 3.65. The molecule has 5 rings (SSSR count). The standard InChI is InChI=1S/C32H26F3N7O3S/c1-3-4-22-6-5-20(2)15-27(22)42-28(43)18-46-31(42)39-30(44)37-17-24(16-36)21-7-9-23(10-8-21)29-38-19-41(40-29)25-11-13-26(14-12-25)45-32(33,34)35/h5-15,17,19H,3-4,18H2,1-2H3,(H,37,44)/b24-17+,39-31?. The first-order valence-electron chi connectivity index (χ1n) is 14.0. The van der Waals surface area contributed by atoms with Crippen LogP contribution in [0.25, 0.3) is 22.6 Å². The molecule has 4 aromatic rings. The van der Waals surface area contributed by atoms with Crippen LogP contribution in [0.2, 0.25) is 0 Å². The van der Waals surface area contributed by atoms with Crippen molar-refractivity contribution in [2.24, 2.45) is 4.99 Å². The first-order chi connectivity index (χ1) is 22.0. The molecule has 0 spiro atoms. The number of halogens is 3. The van der Waals surface area contributed by atoms with Crippen molar-refractivity contribution in [3.05, 3.63) is 95.9 Å². The van der Waals surface area contributed by atoms with Crippen molar-refractivity contribution < 1.29 is 27.5 Å². The van der Waals surface area contributed by atoms with Gasteiger partial charge in [-0.1, -0.05) is 61.5 Å². The van der Waals surface area contributed by atoms with Crippen LogP contribution in [0.3, 0.4) is 0 Å². The van der Waals surface area contributed by atoms with Crippen LogP contribution in [-0.2, 0) is 11.2 Å². The fraction of sp³-hybridized carbons (Fsp3) is 0.188. The number of aryl methyl sites for hydroxylation is 2. The molecule has 1 saturated heterocycles. The lowest BCUT2D eigenvalue weighted by Gasteiger charge is -2.20. The third-order valence-electron chi connectivity index (χ3n) is 6.70. The van der Waals surface area contributed by atoms with Crippen molar-refractivity contribution in [1.82, 2.24) is 20.1 Å². The van der Waals surface area contributed by atoms with Crippen LogP contribution in [-0.4, -0.2) is 44.0 Å². The zero-order chi connectivity index (χ0) is 32.8. The maximum atomic E-state index is 12.8. The number of benzene rings is 3. The Labute approximate surface area is 266 Å². The molecule has 14 heteroatoms. The first-order valence-corrected chi connectivity index (χ1v) is 15.0. The topological polar surface area (TPSA) is 126 Å². The summed E-state index contributed by atoms with van der Waals surface area (Å²) in [4.78, 5) is 35.4. The summed E-state index contributed by atoms with van der Waals surface area (Å²) >= 11 is 1.17. The number of thioether (sulfide) groups is 1. The molecule has 1 aliphatic rings. The minimum atomic E-state index is -4.78. The highest BCUT2D eigenvalue weighted by molar-refractivity contribution is 8.15. The molecule has 3 aromatic carbocycles. The summed E-state index contributed by atoms with van der Waals surface area (Å²) in [6.45, 7) is 3.99. The van der Waals surface area contributed by atoms with Gasteiger partial charge in [0.1, 0.15) is 18.1 Å². The van der Waals surface area contributed by atoms with Crippen molar-refractivity contribution in [2.75, 3.05) is 10.7 Å². The van der Waals surface area contributed by atoms with E-state index in [1.165, 1.54) is 58.1 Å². The van der Waals surface area contributed by atoms with E-state index in [1.807, 2.05) is 25.1 Å². The molecule has 10 nitrogen and oxygen atoms in total. The van der Waals surface area contributed by atoms with Gasteiger partial charge < -0.3 is 10.1 Å². The second-order valence-corrected chi connectivity index (χ2v) is 11.0. The molecule has 46 heavy (non-hydrogen) atoms. The summed E-state index contributed by atoms with van der Waals surface area (Å²) in [6, 6.07) is 19.1. The fourth-order valence-electron chi connectivity index (χ4n) is 4.60. The Morgan fingerprint density at radius 3 is 2.57 bits per heavy atom. The lowest BCUT2D eigenvalue weighted by Crippen LogP contribution is -2.31. The lowest BCUT2D eigenvalue weighted by atomic mass is 10.0. The average molecular weight is 646 g/mol. The smallest absolute Gasteiger partial charge is 0.406 e. The zero-order valence-electron chi connectivity index (χ0n) is 24.6. The van der Waals surface area contributed by atoms with Gasteiger partial charge in [0.25, 0.3) is 0 Å². The quantitative estimate of drug-likeness (QED) is 0.209. The third kappa shape index (κ3) is 7.62. The van der Waals surface area contributed by atoms with Crippen LogP contribution in [0.1, 0.15) is 30.0 Å². The van der Waals surface area contributed by atoms with Crippen LogP contribution in [0.5, 0.6) is 5.75 Å². The van der Waals surface area contributed by atoms with Crippen LogP contribution < -0.4 is 15.0 Å². The van der Waals surface area contributed by atoms with Gasteiger partial charge in [-0.25, -0.2) is 14.5 Å². The summed E-state index contributed by atoms with van der Waals surface area (Å²) in [5.41, 5.74) is 4.45. The molecule has 1 N–H and O–H groups in total. The van der Waals surface area contributed by atoms with Crippen LogP contribution >= 0.6 is 11.8 Å². The number of hydrogen-bond donors (Lipinski definition) is 1. The number of hydrogen-bond acceptors (Lipinski definition) is 7. The summed E-state index contributed by atoms with van der Waals surface area (Å²) in [7, 11) is 0. The number of amidine groups is 1. The molecule has 1 fully saturated rings. The number of nitrogens with zero attached hydrogens (tertiary/aromatic N) is 6. The molecule has 0 atom stereocenters. The van der Waals surface area contributed by atoms with E-state index in [4.69, 9.17) is 0 Å². The Kier molecular flexibility index (Phi) is 9.53. The molecule has 0 saturated carbocycles. The largest absolute Gasteiger partial charge is 0.573 e. The van der Waals surface area contributed by atoms with Crippen molar-refractivity contribution in [1.29, 1.82) is 5.26 Å². The Hall–Kier alpha value is -5.42. The highest BCUT2D eigenvalue weighted by atomic mass is 32.2. The number of rotatable bonds is 8. The molecular formula is C32H26F3N7O3S. The molecule has 234 valence electrons. The second kappa shape index (κ2) is 13.7. The highest BCUT2D eigenvalue weighted by Gasteiger charge is 2.32. The maximum Gasteiger partial charge on any atom is 0.573 e. The zero-order valence-corrected chi connectivity index (χ0v) is 25.4. The van der Waals surface area contributed by atoms with Gasteiger partial charge in [0.15, 0.2) is 11.0 Å². The number of aromatic nitrogens is 3. The van der Waals surface area contributed by atoms with Crippen molar-refractivity contribution in [2.45, 2.75) is 33.1 Å². The van der Waals surface area contributed by atoms with E-state index in [9.17, 15) is 28.0 Å². The summed E-state index contributed by atoms with van der Waals surface area (Å²) in [5, 5.41) is 16.9. The molecule has 1 aromatic heterocycles. The van der Waals surface area contributed by atoms with Gasteiger partial charge in [-0.15, -0.1) is 18.3 Å². The first kappa shape index (κ1) is 32.0. The third-order valence-corrected chi connectivity index (χ3v) is 7.63. The SMILES string of the molecule is CCCc1ccc(C)cc1N1C(=O)CSC1=NC(=O)N/C=C(\C#N)c1ccc(-c2ncn(-c3ccc(OC(F)(F)F)cc3)n2)cc1. The number of aliphatic imine (C=N–C) groups is 1. The van der Waals surface area contributed by atoms with Gasteiger partial charge >= 0.3 is 12.4 Å². The monoisotopic (exact) mass is 645 g/mol. The van der Waals surface area contributed by atoms with E-state index in [1.54, 1.807) is 24.3 Å². The van der Waals surface area contributed by atoms with E-state index < -0.39 is 12.4 Å². The lowest BCUT2D eigenvalue weighted by molar-refractivity contribution is -0.274. The molecule has 0 aliphatic carbocycles. The fourth-order valence-corrected chi connectivity index (χ4v) is 5.46. The number of urea groups is 1. The van der Waals surface area contributed by atoms with E-state index >= 15 is 0 Å². The number of allylic oxidation sites excluding steroid dienone is 1. The van der Waals surface area contributed by atoms with Gasteiger partial charge in [-0.2, -0.15) is 10.3 Å². The van der Waals surface area contributed by atoms with Crippen molar-refractivity contribution in [3.63, 3.8) is 0 Å². The van der Waals surface area contributed by atoms with Crippen LogP contribution in [0.15, 0.2) is 84.2 Å². The molecule has 0 bridgehead atoms. The number of nitrogens with one attached hydrogen (secondary N) is 1. The van der Waals surface area contributed by atoms with Crippen LogP contribution in [0, 0.1) is 18.3 Å². The van der Waals surface area contributed by atoms with E-state index in [0.717, 1.165) is 24.0 Å². The number of alkyl halides is 3. The number of carbonyl (C=O) groups is 2. The number of ether oxygens (including phenoxy) is 1. The maximum absolute atomic E-state index is 12.8. The van der Waals surface area contributed by atoms with E-state index in [0.29, 0.717) is 28.3 Å². The predicted molar refractivity (Wildman–Crippen MR) is 168 cm³/mol. The van der Waals surface area contributed by atoms with Gasteiger partial charge in [-0.05, 0) is 60.4 Å². The van der Waals surface area contributed by atoms with E-state index in [-0.39, 0.29) is 28.2 Å². The Morgan fingerprint density at radius 2 is 1.89 bits per heavy atom. The minimum absolute atomic E-state index is 0.160. The summed E-state index contributed by atoms with van der Waals surface area (Å²) in [6.07, 6.45) is -0.453. The number of carbonyl (C=O) groups excluding carboxylic acids is 2. The normalized spacial score (nSPS) is 14.4. The van der Waals surface area contributed by atoms with Crippen molar-refractivity contribution in [3.8, 4) is 28.9 Å². The number of anilines is 1. The predicted octanol–water partition coefficient (Wildman–Crippen LogP) is 6.80. The highest BCUT2D eigenvalue weighted by Crippen LogP contribution is 2.31. The van der Waals surface area contributed by atoms with Gasteiger partial charge in [0, 0.05) is 11.8 Å². The molecule has 1 aliphatic heterocycles. The van der Waals surface area contributed by atoms with Gasteiger partial charge in [0.2, 0.25) is 5.91 Å². The summed E-state index contributed by atoms with van der Waals surface area (Å²) in [5.74, 6) is -0.0127.